The Hall–Kier alpha value is -1.78. The summed E-state index contributed by atoms with van der Waals surface area (Å²) >= 11 is 0. The minimum Gasteiger partial charge on any atom is -0.494 e. The summed E-state index contributed by atoms with van der Waals surface area (Å²) in [5.74, 6) is 1.51. The first kappa shape index (κ1) is 15.6. The van der Waals surface area contributed by atoms with Gasteiger partial charge in [-0.2, -0.15) is 0 Å². The SMILES string of the molecule is CN=C(NCc1ccc(OC)c(F)c1)N1CCCC(C)C1. The highest BCUT2D eigenvalue weighted by Gasteiger charge is 2.19. The highest BCUT2D eigenvalue weighted by atomic mass is 19.1. The molecular formula is C16H24FN3O. The number of ether oxygens (including phenoxy) is 1. The van der Waals surface area contributed by atoms with Gasteiger partial charge < -0.3 is 15.0 Å². The molecule has 2 rings (SSSR count). The molecule has 0 amide bonds. The van der Waals surface area contributed by atoms with Crippen molar-refractivity contribution in [2.24, 2.45) is 10.9 Å². The van der Waals surface area contributed by atoms with Crippen molar-refractivity contribution in [3.05, 3.63) is 29.6 Å². The third-order valence-electron chi connectivity index (χ3n) is 3.84. The van der Waals surface area contributed by atoms with E-state index < -0.39 is 0 Å². The topological polar surface area (TPSA) is 36.9 Å². The number of guanidine groups is 1. The van der Waals surface area contributed by atoms with Gasteiger partial charge in [0.1, 0.15) is 0 Å². The second kappa shape index (κ2) is 7.29. The van der Waals surface area contributed by atoms with Gasteiger partial charge in [0.2, 0.25) is 0 Å². The van der Waals surface area contributed by atoms with E-state index in [-0.39, 0.29) is 11.6 Å². The maximum atomic E-state index is 13.7. The van der Waals surface area contributed by atoms with Gasteiger partial charge in [-0.1, -0.05) is 13.0 Å². The Morgan fingerprint density at radius 2 is 2.33 bits per heavy atom. The zero-order valence-corrected chi connectivity index (χ0v) is 13.0. The van der Waals surface area contributed by atoms with Crippen molar-refractivity contribution in [3.8, 4) is 5.75 Å². The molecule has 1 aromatic carbocycles. The van der Waals surface area contributed by atoms with E-state index in [1.54, 1.807) is 13.1 Å². The predicted molar refractivity (Wildman–Crippen MR) is 83.1 cm³/mol. The molecule has 1 fully saturated rings. The molecule has 0 spiro atoms. The first-order chi connectivity index (χ1) is 10.1. The average molecular weight is 293 g/mol. The third kappa shape index (κ3) is 4.09. The van der Waals surface area contributed by atoms with E-state index in [1.165, 1.54) is 26.0 Å². The van der Waals surface area contributed by atoms with Crippen LogP contribution >= 0.6 is 0 Å². The summed E-state index contributed by atoms with van der Waals surface area (Å²) in [7, 11) is 3.26. The van der Waals surface area contributed by atoms with Crippen molar-refractivity contribution in [2.75, 3.05) is 27.2 Å². The van der Waals surface area contributed by atoms with Crippen LogP contribution in [0.2, 0.25) is 0 Å². The molecule has 4 nitrogen and oxygen atoms in total. The van der Waals surface area contributed by atoms with Gasteiger partial charge >= 0.3 is 0 Å². The molecule has 0 bridgehead atoms. The number of hydrogen-bond donors (Lipinski definition) is 1. The number of likely N-dealkylation sites (tertiary alicyclic amines) is 1. The van der Waals surface area contributed by atoms with E-state index >= 15 is 0 Å². The number of piperidine rings is 1. The number of benzene rings is 1. The predicted octanol–water partition coefficient (Wildman–Crippen LogP) is 2.64. The van der Waals surface area contributed by atoms with Crippen molar-refractivity contribution >= 4 is 5.96 Å². The Morgan fingerprint density at radius 1 is 1.52 bits per heavy atom. The van der Waals surface area contributed by atoms with Crippen LogP contribution in [0.15, 0.2) is 23.2 Å². The van der Waals surface area contributed by atoms with Crippen molar-refractivity contribution in [1.29, 1.82) is 0 Å². The molecule has 5 heteroatoms. The quantitative estimate of drug-likeness (QED) is 0.687. The number of aliphatic imine (C=N–C) groups is 1. The van der Waals surface area contributed by atoms with Gasteiger partial charge in [-0.25, -0.2) is 4.39 Å². The van der Waals surface area contributed by atoms with Crippen molar-refractivity contribution in [2.45, 2.75) is 26.3 Å². The molecule has 1 aromatic rings. The molecule has 1 aliphatic heterocycles. The zero-order valence-electron chi connectivity index (χ0n) is 13.0. The maximum Gasteiger partial charge on any atom is 0.193 e. The Kier molecular flexibility index (Phi) is 5.42. The van der Waals surface area contributed by atoms with Gasteiger partial charge in [-0.15, -0.1) is 0 Å². The molecule has 0 saturated carbocycles. The summed E-state index contributed by atoms with van der Waals surface area (Å²) in [5, 5.41) is 3.31. The van der Waals surface area contributed by atoms with Gasteiger partial charge in [-0.3, -0.25) is 4.99 Å². The lowest BCUT2D eigenvalue weighted by Gasteiger charge is -2.33. The number of halogens is 1. The summed E-state index contributed by atoms with van der Waals surface area (Å²) in [6, 6.07) is 5.01. The summed E-state index contributed by atoms with van der Waals surface area (Å²) < 4.78 is 18.6. The van der Waals surface area contributed by atoms with Crippen LogP contribution in [0.4, 0.5) is 4.39 Å². The fraction of sp³-hybridized carbons (Fsp3) is 0.562. The number of nitrogens with zero attached hydrogens (tertiary/aromatic N) is 2. The van der Waals surface area contributed by atoms with Crippen LogP contribution in [0, 0.1) is 11.7 Å². The number of methoxy groups -OCH3 is 1. The monoisotopic (exact) mass is 293 g/mol. The Labute approximate surface area is 126 Å². The molecule has 21 heavy (non-hydrogen) atoms. The third-order valence-corrected chi connectivity index (χ3v) is 3.84. The molecule has 0 aliphatic carbocycles. The van der Waals surface area contributed by atoms with Crippen molar-refractivity contribution in [3.63, 3.8) is 0 Å². The highest BCUT2D eigenvalue weighted by Crippen LogP contribution is 2.18. The molecule has 1 atom stereocenters. The second-order valence-electron chi connectivity index (χ2n) is 5.56. The van der Waals surface area contributed by atoms with Gasteiger partial charge in [0.15, 0.2) is 17.5 Å². The van der Waals surface area contributed by atoms with Crippen LogP contribution in [0.3, 0.4) is 0 Å². The minimum atomic E-state index is -0.335. The van der Waals surface area contributed by atoms with Crippen LogP contribution in [0.1, 0.15) is 25.3 Å². The first-order valence-corrected chi connectivity index (χ1v) is 7.42. The fourth-order valence-electron chi connectivity index (χ4n) is 2.72. The molecule has 1 unspecified atom stereocenters. The van der Waals surface area contributed by atoms with Crippen LogP contribution in [-0.2, 0) is 6.54 Å². The molecule has 1 saturated heterocycles. The van der Waals surface area contributed by atoms with Crippen molar-refractivity contribution < 1.29 is 9.13 Å². The largest absolute Gasteiger partial charge is 0.494 e. The number of nitrogens with one attached hydrogen (secondary N) is 1. The standard InChI is InChI=1S/C16H24FN3O/c1-12-5-4-8-20(11-12)16(18-2)19-10-13-6-7-15(21-3)14(17)9-13/h6-7,9,12H,4-5,8,10-11H2,1-3H3,(H,18,19). The smallest absolute Gasteiger partial charge is 0.193 e. The summed E-state index contributed by atoms with van der Waals surface area (Å²) in [6.45, 7) is 4.87. The average Bonchev–Trinajstić information content (AvgIpc) is 2.48. The van der Waals surface area contributed by atoms with E-state index in [4.69, 9.17) is 4.74 Å². The molecule has 116 valence electrons. The minimum absolute atomic E-state index is 0.271. The number of rotatable bonds is 3. The normalized spacial score (nSPS) is 19.5. The van der Waals surface area contributed by atoms with Crippen LogP contribution in [0.25, 0.3) is 0 Å². The number of hydrogen-bond acceptors (Lipinski definition) is 2. The van der Waals surface area contributed by atoms with Crippen LogP contribution in [0.5, 0.6) is 5.75 Å². The van der Waals surface area contributed by atoms with Gasteiger partial charge in [0, 0.05) is 26.7 Å². The lowest BCUT2D eigenvalue weighted by Crippen LogP contribution is -2.45. The second-order valence-corrected chi connectivity index (χ2v) is 5.56. The lowest BCUT2D eigenvalue weighted by molar-refractivity contribution is 0.266. The Balaban J connectivity index is 1.95. The molecule has 0 aromatic heterocycles. The van der Waals surface area contributed by atoms with E-state index in [0.717, 1.165) is 24.6 Å². The van der Waals surface area contributed by atoms with E-state index in [0.29, 0.717) is 12.5 Å². The summed E-state index contributed by atoms with van der Waals surface area (Å²) in [4.78, 5) is 6.60. The fourth-order valence-corrected chi connectivity index (χ4v) is 2.72. The van der Waals surface area contributed by atoms with E-state index in [1.807, 2.05) is 6.07 Å². The lowest BCUT2D eigenvalue weighted by atomic mass is 10.0. The Bertz CT molecular complexity index is 504. The summed E-state index contributed by atoms with van der Waals surface area (Å²) in [6.07, 6.45) is 2.47. The summed E-state index contributed by atoms with van der Waals surface area (Å²) in [5.41, 5.74) is 0.875. The van der Waals surface area contributed by atoms with Gasteiger partial charge in [0.05, 0.1) is 7.11 Å². The highest BCUT2D eigenvalue weighted by molar-refractivity contribution is 5.80. The van der Waals surface area contributed by atoms with Crippen LogP contribution < -0.4 is 10.1 Å². The van der Waals surface area contributed by atoms with E-state index in [2.05, 4.69) is 22.1 Å². The molecule has 1 aliphatic rings. The van der Waals surface area contributed by atoms with Gasteiger partial charge in [-0.05, 0) is 36.5 Å². The molecular weight excluding hydrogens is 269 g/mol. The van der Waals surface area contributed by atoms with Crippen molar-refractivity contribution in [1.82, 2.24) is 10.2 Å². The molecule has 1 N–H and O–H groups in total. The first-order valence-electron chi connectivity index (χ1n) is 7.42. The molecule has 0 radical (unpaired) electrons. The molecule has 1 heterocycles. The van der Waals surface area contributed by atoms with E-state index in [9.17, 15) is 4.39 Å². The van der Waals surface area contributed by atoms with Crippen LogP contribution in [-0.4, -0.2) is 38.1 Å². The Morgan fingerprint density at radius 3 is 2.95 bits per heavy atom. The zero-order chi connectivity index (χ0) is 15.2. The van der Waals surface area contributed by atoms with Gasteiger partial charge in [0.25, 0.3) is 0 Å². The maximum absolute atomic E-state index is 13.7.